The fraction of sp³-hybridized carbons (Fsp3) is 0.308. The average molecular weight is 302 g/mol. The Morgan fingerprint density at radius 2 is 2.10 bits per heavy atom. The van der Waals surface area contributed by atoms with Crippen molar-refractivity contribution in [2.75, 3.05) is 0 Å². The Balaban J connectivity index is 1.81. The maximum atomic E-state index is 5.25. The molecule has 0 radical (unpaired) electrons. The van der Waals surface area contributed by atoms with Crippen molar-refractivity contribution in [2.45, 2.75) is 30.7 Å². The van der Waals surface area contributed by atoms with Gasteiger partial charge in [0.1, 0.15) is 0 Å². The second kappa shape index (κ2) is 6.04. The van der Waals surface area contributed by atoms with Crippen LogP contribution in [0.25, 0.3) is 5.69 Å². The van der Waals surface area contributed by atoms with Gasteiger partial charge < -0.3 is 4.52 Å². The zero-order valence-corrected chi connectivity index (χ0v) is 12.5. The lowest BCUT2D eigenvalue weighted by Gasteiger charge is -2.06. The lowest BCUT2D eigenvalue weighted by atomic mass is 10.3. The predicted molar refractivity (Wildman–Crippen MR) is 77.1 cm³/mol. The summed E-state index contributed by atoms with van der Waals surface area (Å²) >= 11 is 1.48. The van der Waals surface area contributed by atoms with Gasteiger partial charge in [0.25, 0.3) is 0 Å². The van der Waals surface area contributed by atoms with Crippen molar-refractivity contribution >= 4 is 11.8 Å². The van der Waals surface area contributed by atoms with E-state index in [4.69, 9.17) is 4.52 Å². The topological polar surface area (TPSA) is 82.5 Å². The highest BCUT2D eigenvalue weighted by Gasteiger charge is 2.19. The second-order valence-corrected chi connectivity index (χ2v) is 5.68. The summed E-state index contributed by atoms with van der Waals surface area (Å²) in [6, 6.07) is 9.74. The van der Waals surface area contributed by atoms with E-state index in [1.54, 1.807) is 4.68 Å². The molecule has 3 aromatic rings. The highest BCUT2D eigenvalue weighted by molar-refractivity contribution is 7.99. The van der Waals surface area contributed by atoms with Gasteiger partial charge in [0, 0.05) is 6.42 Å². The molecule has 0 saturated carbocycles. The minimum atomic E-state index is -0.0220. The molecule has 1 unspecified atom stereocenters. The fourth-order valence-electron chi connectivity index (χ4n) is 1.77. The van der Waals surface area contributed by atoms with Crippen molar-refractivity contribution in [3.8, 4) is 5.69 Å². The maximum absolute atomic E-state index is 5.25. The van der Waals surface area contributed by atoms with Gasteiger partial charge in [-0.2, -0.15) is 9.67 Å². The summed E-state index contributed by atoms with van der Waals surface area (Å²) < 4.78 is 6.94. The summed E-state index contributed by atoms with van der Waals surface area (Å²) in [4.78, 5) is 4.34. The SMILES string of the molecule is CCc1noc(C(C)Sc2nnnn2-c2ccccc2)n1. The Kier molecular flexibility index (Phi) is 3.96. The van der Waals surface area contributed by atoms with Crippen LogP contribution in [-0.2, 0) is 6.42 Å². The maximum Gasteiger partial charge on any atom is 0.239 e. The third kappa shape index (κ3) is 2.94. The molecule has 8 heteroatoms. The Morgan fingerprint density at radius 1 is 1.29 bits per heavy atom. The van der Waals surface area contributed by atoms with Gasteiger partial charge in [0.05, 0.1) is 10.9 Å². The van der Waals surface area contributed by atoms with Gasteiger partial charge in [0.15, 0.2) is 5.82 Å². The van der Waals surface area contributed by atoms with E-state index in [1.807, 2.05) is 44.2 Å². The van der Waals surface area contributed by atoms with Crippen LogP contribution in [0.1, 0.15) is 30.8 Å². The largest absolute Gasteiger partial charge is 0.338 e. The number of thioether (sulfide) groups is 1. The smallest absolute Gasteiger partial charge is 0.239 e. The molecule has 3 rings (SSSR count). The molecular formula is C13H14N6OS. The van der Waals surface area contributed by atoms with E-state index in [-0.39, 0.29) is 5.25 Å². The van der Waals surface area contributed by atoms with E-state index >= 15 is 0 Å². The third-order valence-electron chi connectivity index (χ3n) is 2.87. The average Bonchev–Trinajstić information content (AvgIpc) is 3.17. The first-order chi connectivity index (χ1) is 10.3. The van der Waals surface area contributed by atoms with Crippen molar-refractivity contribution in [1.29, 1.82) is 0 Å². The molecule has 0 aliphatic carbocycles. The van der Waals surface area contributed by atoms with Gasteiger partial charge in [-0.1, -0.05) is 42.0 Å². The Bertz CT molecular complexity index is 710. The number of para-hydroxylation sites is 1. The van der Waals surface area contributed by atoms with Crippen LogP contribution >= 0.6 is 11.8 Å². The van der Waals surface area contributed by atoms with Crippen molar-refractivity contribution in [2.24, 2.45) is 0 Å². The van der Waals surface area contributed by atoms with E-state index < -0.39 is 0 Å². The minimum Gasteiger partial charge on any atom is -0.338 e. The summed E-state index contributed by atoms with van der Waals surface area (Å²) in [6.07, 6.45) is 0.753. The first kappa shape index (κ1) is 13.7. The molecule has 0 aliphatic heterocycles. The van der Waals surface area contributed by atoms with Crippen LogP contribution in [0.4, 0.5) is 0 Å². The second-order valence-electron chi connectivity index (χ2n) is 4.37. The van der Waals surface area contributed by atoms with Crippen LogP contribution in [0.3, 0.4) is 0 Å². The number of aromatic nitrogens is 6. The summed E-state index contributed by atoms with van der Waals surface area (Å²) in [5, 5.41) is 16.4. The molecule has 1 aromatic carbocycles. The minimum absolute atomic E-state index is 0.0220. The Hall–Kier alpha value is -2.22. The number of hydrogen-bond donors (Lipinski definition) is 0. The van der Waals surface area contributed by atoms with E-state index in [2.05, 4.69) is 25.7 Å². The molecular weight excluding hydrogens is 288 g/mol. The summed E-state index contributed by atoms with van der Waals surface area (Å²) in [6.45, 7) is 3.98. The van der Waals surface area contributed by atoms with Gasteiger partial charge in [-0.25, -0.2) is 0 Å². The number of benzene rings is 1. The number of aryl methyl sites for hydroxylation is 1. The van der Waals surface area contributed by atoms with Crippen LogP contribution in [-0.4, -0.2) is 30.3 Å². The Labute approximate surface area is 125 Å². The fourth-order valence-corrected chi connectivity index (χ4v) is 2.61. The van der Waals surface area contributed by atoms with Crippen LogP contribution < -0.4 is 0 Å². The van der Waals surface area contributed by atoms with Crippen LogP contribution in [0.2, 0.25) is 0 Å². The Morgan fingerprint density at radius 3 is 2.81 bits per heavy atom. The number of rotatable bonds is 5. The van der Waals surface area contributed by atoms with Crippen LogP contribution in [0, 0.1) is 0 Å². The lowest BCUT2D eigenvalue weighted by Crippen LogP contribution is -2.00. The van der Waals surface area contributed by atoms with Crippen molar-refractivity contribution in [3.05, 3.63) is 42.0 Å². The van der Waals surface area contributed by atoms with Gasteiger partial charge in [-0.3, -0.25) is 0 Å². The summed E-state index contributed by atoms with van der Waals surface area (Å²) in [5.74, 6) is 1.29. The predicted octanol–water partition coefficient (Wildman–Crippen LogP) is 2.46. The van der Waals surface area contributed by atoms with Gasteiger partial charge in [-0.15, -0.1) is 5.10 Å². The molecule has 108 valence electrons. The van der Waals surface area contributed by atoms with E-state index in [0.717, 1.165) is 12.1 Å². The zero-order chi connectivity index (χ0) is 14.7. The van der Waals surface area contributed by atoms with Crippen molar-refractivity contribution in [1.82, 2.24) is 30.3 Å². The zero-order valence-electron chi connectivity index (χ0n) is 11.7. The van der Waals surface area contributed by atoms with Gasteiger partial charge >= 0.3 is 0 Å². The number of tetrazole rings is 1. The quantitative estimate of drug-likeness (QED) is 0.669. The van der Waals surface area contributed by atoms with Gasteiger partial charge in [0.2, 0.25) is 11.0 Å². The molecule has 7 nitrogen and oxygen atoms in total. The van der Waals surface area contributed by atoms with E-state index in [9.17, 15) is 0 Å². The van der Waals surface area contributed by atoms with Gasteiger partial charge in [-0.05, 0) is 29.5 Å². The summed E-state index contributed by atoms with van der Waals surface area (Å²) in [5.41, 5.74) is 0.914. The molecule has 0 spiro atoms. The number of hydrogen-bond acceptors (Lipinski definition) is 7. The molecule has 2 heterocycles. The first-order valence-corrected chi connectivity index (χ1v) is 7.49. The van der Waals surface area contributed by atoms with E-state index in [0.29, 0.717) is 16.9 Å². The third-order valence-corrected chi connectivity index (χ3v) is 3.89. The molecule has 0 saturated heterocycles. The molecule has 21 heavy (non-hydrogen) atoms. The molecule has 0 N–H and O–H groups in total. The molecule has 0 aliphatic rings. The molecule has 2 aromatic heterocycles. The van der Waals surface area contributed by atoms with Crippen LogP contribution in [0.5, 0.6) is 0 Å². The van der Waals surface area contributed by atoms with E-state index in [1.165, 1.54) is 11.8 Å². The normalized spacial score (nSPS) is 12.5. The highest BCUT2D eigenvalue weighted by atomic mass is 32.2. The van der Waals surface area contributed by atoms with Crippen molar-refractivity contribution in [3.63, 3.8) is 0 Å². The summed E-state index contributed by atoms with van der Waals surface area (Å²) in [7, 11) is 0. The number of nitrogens with zero attached hydrogens (tertiary/aromatic N) is 6. The highest BCUT2D eigenvalue weighted by Crippen LogP contribution is 2.33. The van der Waals surface area contributed by atoms with Crippen LogP contribution in [0.15, 0.2) is 40.0 Å². The molecule has 0 fully saturated rings. The molecule has 1 atom stereocenters. The standard InChI is InChI=1S/C13H14N6OS/c1-3-11-14-12(20-16-11)9(2)21-13-15-17-18-19(13)10-7-5-4-6-8-10/h4-9H,3H2,1-2H3. The lowest BCUT2D eigenvalue weighted by molar-refractivity contribution is 0.375. The molecule has 0 bridgehead atoms. The van der Waals surface area contributed by atoms with Crippen molar-refractivity contribution < 1.29 is 4.52 Å². The monoisotopic (exact) mass is 302 g/mol. The molecule has 0 amide bonds. The first-order valence-electron chi connectivity index (χ1n) is 6.61.